The Balaban J connectivity index is 3.12. The van der Waals surface area contributed by atoms with Crippen molar-refractivity contribution in [2.45, 2.75) is 9.97 Å². The average molecular weight is 198 g/mol. The number of hydrogen-bond donors (Lipinski definition) is 0. The fourth-order valence-corrected chi connectivity index (χ4v) is 2.33. The molecule has 1 rings (SSSR count). The van der Waals surface area contributed by atoms with Gasteiger partial charge in [0.2, 0.25) is 9.84 Å². The summed E-state index contributed by atoms with van der Waals surface area (Å²) in [4.78, 5) is 0. The lowest BCUT2D eigenvalue weighted by Crippen LogP contribution is -2.09. The minimum atomic E-state index is -4.35. The second-order valence-corrected chi connectivity index (χ2v) is 4.83. The van der Waals surface area contributed by atoms with Crippen LogP contribution in [0.5, 0.6) is 0 Å². The van der Waals surface area contributed by atoms with Gasteiger partial charge in [-0.15, -0.1) is 11.3 Å². The molecule has 0 N–H and O–H groups in total. The minimum absolute atomic E-state index is 0.285. The summed E-state index contributed by atoms with van der Waals surface area (Å²) in [5.74, 6) is -3.32. The second kappa shape index (κ2) is 2.86. The lowest BCUT2D eigenvalue weighted by Gasteiger charge is -1.96. The lowest BCUT2D eigenvalue weighted by atomic mass is 10.7. The van der Waals surface area contributed by atoms with E-state index < -0.39 is 15.6 Å². The maximum atomic E-state index is 11.8. The van der Waals surface area contributed by atoms with Crippen molar-refractivity contribution in [3.8, 4) is 0 Å². The summed E-state index contributed by atoms with van der Waals surface area (Å²) < 4.78 is 44.6. The molecule has 62 valence electrons. The molecule has 0 unspecified atom stereocenters. The molecule has 1 heterocycles. The van der Waals surface area contributed by atoms with E-state index in [0.717, 1.165) is 17.4 Å². The van der Waals surface area contributed by atoms with Crippen LogP contribution in [0.15, 0.2) is 21.7 Å². The van der Waals surface area contributed by atoms with Crippen molar-refractivity contribution < 1.29 is 17.2 Å². The first-order valence-electron chi connectivity index (χ1n) is 2.60. The van der Waals surface area contributed by atoms with Crippen molar-refractivity contribution in [1.82, 2.24) is 0 Å². The predicted octanol–water partition coefficient (Wildman–Crippen LogP) is 1.74. The van der Waals surface area contributed by atoms with Crippen LogP contribution in [0.3, 0.4) is 0 Å². The van der Waals surface area contributed by atoms with Crippen LogP contribution in [0.2, 0.25) is 0 Å². The molecule has 0 atom stereocenters. The molecule has 0 aliphatic carbocycles. The van der Waals surface area contributed by atoms with Gasteiger partial charge in [0.05, 0.1) is 0 Å². The highest BCUT2D eigenvalue weighted by molar-refractivity contribution is 7.93. The number of hydrogen-bond acceptors (Lipinski definition) is 3. The average Bonchev–Trinajstić information content (AvgIpc) is 2.37. The van der Waals surface area contributed by atoms with Crippen LogP contribution in [0, 0.1) is 0 Å². The van der Waals surface area contributed by atoms with E-state index in [2.05, 4.69) is 0 Å². The Morgan fingerprint density at radius 3 is 2.45 bits per heavy atom. The monoisotopic (exact) mass is 198 g/mol. The van der Waals surface area contributed by atoms with Crippen molar-refractivity contribution in [1.29, 1.82) is 0 Å². The third-order valence-corrected chi connectivity index (χ3v) is 3.82. The molecule has 0 aliphatic rings. The Kier molecular flexibility index (Phi) is 2.24. The highest BCUT2D eigenvalue weighted by Gasteiger charge is 2.26. The maximum absolute atomic E-state index is 11.8. The van der Waals surface area contributed by atoms with Crippen LogP contribution in [0.25, 0.3) is 0 Å². The lowest BCUT2D eigenvalue weighted by molar-refractivity contribution is 0.235. The van der Waals surface area contributed by atoms with Gasteiger partial charge in [-0.3, -0.25) is 0 Å². The van der Waals surface area contributed by atoms with Gasteiger partial charge in [0, 0.05) is 0 Å². The van der Waals surface area contributed by atoms with Crippen LogP contribution in [-0.4, -0.2) is 14.2 Å². The van der Waals surface area contributed by atoms with Crippen molar-refractivity contribution in [2.75, 3.05) is 0 Å². The van der Waals surface area contributed by atoms with E-state index in [1.54, 1.807) is 0 Å². The summed E-state index contributed by atoms with van der Waals surface area (Å²) in [7, 11) is -4.35. The standard InChI is InChI=1S/C5H4F2O2S2/c6-5(7)11(8,9)4-2-1-3-10-4/h1-3,5H. The quantitative estimate of drug-likeness (QED) is 0.725. The molecule has 2 nitrogen and oxygen atoms in total. The number of thiophene rings is 1. The smallest absolute Gasteiger partial charge is 0.217 e. The van der Waals surface area contributed by atoms with E-state index in [1.807, 2.05) is 0 Å². The largest absolute Gasteiger partial charge is 0.341 e. The van der Waals surface area contributed by atoms with E-state index in [1.165, 1.54) is 11.4 Å². The Morgan fingerprint density at radius 1 is 1.45 bits per heavy atom. The zero-order chi connectivity index (χ0) is 8.48. The van der Waals surface area contributed by atoms with Crippen LogP contribution < -0.4 is 0 Å². The molecule has 0 saturated carbocycles. The molecule has 1 aromatic rings. The van der Waals surface area contributed by atoms with Gasteiger partial charge in [-0.1, -0.05) is 6.07 Å². The van der Waals surface area contributed by atoms with Gasteiger partial charge in [-0.25, -0.2) is 8.42 Å². The summed E-state index contributed by atoms with van der Waals surface area (Å²) >= 11 is 0.790. The van der Waals surface area contributed by atoms with Gasteiger partial charge in [0.1, 0.15) is 4.21 Å². The number of alkyl halides is 2. The van der Waals surface area contributed by atoms with Gasteiger partial charge in [-0.05, 0) is 11.4 Å². The van der Waals surface area contributed by atoms with E-state index in [4.69, 9.17) is 0 Å². The molecule has 0 radical (unpaired) electrons. The molecule has 0 aromatic carbocycles. The molecule has 0 spiro atoms. The predicted molar refractivity (Wildman–Crippen MR) is 37.5 cm³/mol. The van der Waals surface area contributed by atoms with Crippen LogP contribution >= 0.6 is 11.3 Å². The first-order chi connectivity index (χ1) is 5.05. The summed E-state index contributed by atoms with van der Waals surface area (Å²) in [6, 6.07) is 2.58. The zero-order valence-corrected chi connectivity index (χ0v) is 6.83. The molecule has 0 aliphatic heterocycles. The maximum Gasteiger partial charge on any atom is 0.341 e. The van der Waals surface area contributed by atoms with Gasteiger partial charge in [0.15, 0.2) is 0 Å². The molecule has 0 bridgehead atoms. The fraction of sp³-hybridized carbons (Fsp3) is 0.200. The number of halogens is 2. The van der Waals surface area contributed by atoms with Crippen molar-refractivity contribution in [3.05, 3.63) is 17.5 Å². The third-order valence-electron chi connectivity index (χ3n) is 1.01. The van der Waals surface area contributed by atoms with E-state index in [-0.39, 0.29) is 4.21 Å². The van der Waals surface area contributed by atoms with Crippen LogP contribution in [0.1, 0.15) is 0 Å². The van der Waals surface area contributed by atoms with Gasteiger partial charge >= 0.3 is 5.76 Å². The Morgan fingerprint density at radius 2 is 2.09 bits per heavy atom. The molecular formula is C5H4F2O2S2. The molecule has 1 aromatic heterocycles. The molecular weight excluding hydrogens is 194 g/mol. The molecule has 0 saturated heterocycles. The fourth-order valence-electron chi connectivity index (χ4n) is 0.513. The number of sulfone groups is 1. The molecule has 6 heteroatoms. The van der Waals surface area contributed by atoms with E-state index >= 15 is 0 Å². The summed E-state index contributed by atoms with van der Waals surface area (Å²) in [5, 5.41) is 1.44. The Labute approximate surface area is 66.4 Å². The SMILES string of the molecule is O=S(=O)(c1cccs1)C(F)F. The first kappa shape index (κ1) is 8.61. The highest BCUT2D eigenvalue weighted by atomic mass is 32.2. The first-order valence-corrected chi connectivity index (χ1v) is 5.03. The topological polar surface area (TPSA) is 34.1 Å². The molecule has 0 fully saturated rings. The zero-order valence-electron chi connectivity index (χ0n) is 5.20. The highest BCUT2D eigenvalue weighted by Crippen LogP contribution is 2.22. The summed E-state index contributed by atoms with van der Waals surface area (Å²) in [6.45, 7) is 0. The molecule has 0 amide bonds. The van der Waals surface area contributed by atoms with Crippen molar-refractivity contribution in [3.63, 3.8) is 0 Å². The van der Waals surface area contributed by atoms with Gasteiger partial charge in [-0.2, -0.15) is 8.78 Å². The minimum Gasteiger partial charge on any atom is -0.217 e. The van der Waals surface area contributed by atoms with Gasteiger partial charge < -0.3 is 0 Å². The number of rotatable bonds is 2. The Bertz CT molecular complexity index is 314. The molecule has 11 heavy (non-hydrogen) atoms. The van der Waals surface area contributed by atoms with E-state index in [0.29, 0.717) is 0 Å². The third kappa shape index (κ3) is 1.57. The Hall–Kier alpha value is -0.490. The van der Waals surface area contributed by atoms with E-state index in [9.17, 15) is 17.2 Å². The summed E-state index contributed by atoms with van der Waals surface area (Å²) in [5.41, 5.74) is 0. The second-order valence-electron chi connectivity index (χ2n) is 1.74. The normalized spacial score (nSPS) is 12.3. The van der Waals surface area contributed by atoms with Gasteiger partial charge in [0.25, 0.3) is 0 Å². The van der Waals surface area contributed by atoms with Crippen molar-refractivity contribution in [2.24, 2.45) is 0 Å². The summed E-state index contributed by atoms with van der Waals surface area (Å²) in [6.07, 6.45) is 0. The van der Waals surface area contributed by atoms with Crippen molar-refractivity contribution >= 4 is 21.2 Å². The van der Waals surface area contributed by atoms with Crippen LogP contribution in [-0.2, 0) is 9.84 Å². The van der Waals surface area contributed by atoms with Crippen LogP contribution in [0.4, 0.5) is 8.78 Å².